The summed E-state index contributed by atoms with van der Waals surface area (Å²) in [5.74, 6) is -0.667. The van der Waals surface area contributed by atoms with Crippen molar-refractivity contribution in [1.82, 2.24) is 14.9 Å². The molecule has 0 radical (unpaired) electrons. The van der Waals surface area contributed by atoms with Gasteiger partial charge in [0.25, 0.3) is 0 Å². The van der Waals surface area contributed by atoms with Crippen LogP contribution in [0.15, 0.2) is 61.1 Å². The van der Waals surface area contributed by atoms with Gasteiger partial charge in [0, 0.05) is 42.9 Å². The standard InChI is InChI=1S/C26H26F3N3O3/c1-3-32(24(33)14-22-7-5-6-10-31-22)17-20-13-21(26(27,28)29)8-9-23(20)19-11-18(15-30-16-19)12-25(34)35-4-2/h5-11,13,15-16H,3-4,12,14,17H2,1-2H3. The highest BCUT2D eigenvalue weighted by molar-refractivity contribution is 5.79. The molecule has 9 heteroatoms. The van der Waals surface area contributed by atoms with Crippen LogP contribution >= 0.6 is 0 Å². The number of benzene rings is 1. The molecule has 0 unspecified atom stereocenters. The largest absolute Gasteiger partial charge is 0.466 e. The lowest BCUT2D eigenvalue weighted by molar-refractivity contribution is -0.142. The summed E-state index contributed by atoms with van der Waals surface area (Å²) in [6, 6.07) is 10.4. The zero-order chi connectivity index (χ0) is 25.4. The monoisotopic (exact) mass is 485 g/mol. The fourth-order valence-electron chi connectivity index (χ4n) is 3.64. The number of hydrogen-bond acceptors (Lipinski definition) is 5. The van der Waals surface area contributed by atoms with Crippen molar-refractivity contribution in [1.29, 1.82) is 0 Å². The summed E-state index contributed by atoms with van der Waals surface area (Å²) in [5, 5.41) is 0. The number of amides is 1. The molecule has 0 aliphatic carbocycles. The van der Waals surface area contributed by atoms with Gasteiger partial charge in [-0.3, -0.25) is 19.6 Å². The number of pyridine rings is 2. The summed E-state index contributed by atoms with van der Waals surface area (Å²) in [7, 11) is 0. The third-order valence-electron chi connectivity index (χ3n) is 5.35. The maximum absolute atomic E-state index is 13.5. The molecule has 0 saturated carbocycles. The van der Waals surface area contributed by atoms with E-state index in [1.165, 1.54) is 23.4 Å². The van der Waals surface area contributed by atoms with E-state index in [2.05, 4.69) is 9.97 Å². The van der Waals surface area contributed by atoms with Crippen molar-refractivity contribution in [3.05, 3.63) is 83.4 Å². The normalized spacial score (nSPS) is 11.2. The molecule has 3 aromatic rings. The Balaban J connectivity index is 1.95. The maximum atomic E-state index is 13.5. The van der Waals surface area contributed by atoms with Crippen LogP contribution in [0, 0.1) is 0 Å². The van der Waals surface area contributed by atoms with Crippen molar-refractivity contribution >= 4 is 11.9 Å². The second-order valence-corrected chi connectivity index (χ2v) is 7.84. The van der Waals surface area contributed by atoms with E-state index in [0.717, 1.165) is 12.1 Å². The van der Waals surface area contributed by atoms with Crippen molar-refractivity contribution in [3.8, 4) is 11.1 Å². The number of likely N-dealkylation sites (N-methyl/N-ethyl adjacent to an activating group) is 1. The zero-order valence-corrected chi connectivity index (χ0v) is 19.5. The second-order valence-electron chi connectivity index (χ2n) is 7.84. The van der Waals surface area contributed by atoms with Crippen molar-refractivity contribution < 1.29 is 27.5 Å². The Morgan fingerprint density at radius 3 is 2.49 bits per heavy atom. The Labute approximate surface area is 201 Å². The van der Waals surface area contributed by atoms with Gasteiger partial charge in [0.1, 0.15) is 0 Å². The van der Waals surface area contributed by atoms with Crippen molar-refractivity contribution in [3.63, 3.8) is 0 Å². The number of ether oxygens (including phenoxy) is 1. The molecule has 6 nitrogen and oxygen atoms in total. The third-order valence-corrected chi connectivity index (χ3v) is 5.35. The van der Waals surface area contributed by atoms with Crippen molar-refractivity contribution in [2.24, 2.45) is 0 Å². The number of nitrogens with zero attached hydrogens (tertiary/aromatic N) is 3. The van der Waals surface area contributed by atoms with Crippen LogP contribution in [0.25, 0.3) is 11.1 Å². The quantitative estimate of drug-likeness (QED) is 0.405. The number of carbonyl (C=O) groups excluding carboxylic acids is 2. The number of alkyl halides is 3. The van der Waals surface area contributed by atoms with E-state index in [0.29, 0.717) is 34.5 Å². The average molecular weight is 486 g/mol. The Kier molecular flexibility index (Phi) is 8.57. The number of rotatable bonds is 9. The number of aromatic nitrogens is 2. The van der Waals surface area contributed by atoms with Crippen LogP contribution in [-0.2, 0) is 39.9 Å². The van der Waals surface area contributed by atoms with Gasteiger partial charge in [-0.15, -0.1) is 0 Å². The van der Waals surface area contributed by atoms with Gasteiger partial charge in [0.2, 0.25) is 5.91 Å². The van der Waals surface area contributed by atoms with Gasteiger partial charge in [-0.2, -0.15) is 13.2 Å². The van der Waals surface area contributed by atoms with E-state index in [4.69, 9.17) is 4.74 Å². The smallest absolute Gasteiger partial charge is 0.416 e. The molecule has 0 atom stereocenters. The lowest BCUT2D eigenvalue weighted by atomic mass is 9.96. The van der Waals surface area contributed by atoms with Gasteiger partial charge < -0.3 is 9.64 Å². The SMILES string of the molecule is CCOC(=O)Cc1cncc(-c2ccc(C(F)(F)F)cc2CN(CC)C(=O)Cc2ccccn2)c1. The Bertz CT molecular complexity index is 1170. The summed E-state index contributed by atoms with van der Waals surface area (Å²) < 4.78 is 45.5. The van der Waals surface area contributed by atoms with E-state index in [1.807, 2.05) is 0 Å². The topological polar surface area (TPSA) is 72.4 Å². The fraction of sp³-hybridized carbons (Fsp3) is 0.308. The molecule has 0 spiro atoms. The first-order valence-electron chi connectivity index (χ1n) is 11.2. The first-order valence-corrected chi connectivity index (χ1v) is 11.2. The second kappa shape index (κ2) is 11.6. The van der Waals surface area contributed by atoms with Crippen LogP contribution < -0.4 is 0 Å². The summed E-state index contributed by atoms with van der Waals surface area (Å²) in [5.41, 5.74) is 1.72. The lowest BCUT2D eigenvalue weighted by Crippen LogP contribution is -2.32. The van der Waals surface area contributed by atoms with Crippen molar-refractivity contribution in [2.75, 3.05) is 13.2 Å². The molecule has 0 saturated heterocycles. The predicted molar refractivity (Wildman–Crippen MR) is 124 cm³/mol. The fourth-order valence-corrected chi connectivity index (χ4v) is 3.64. The summed E-state index contributed by atoms with van der Waals surface area (Å²) in [6.45, 7) is 4.00. The zero-order valence-electron chi connectivity index (χ0n) is 19.5. The minimum atomic E-state index is -4.54. The molecule has 35 heavy (non-hydrogen) atoms. The van der Waals surface area contributed by atoms with E-state index in [-0.39, 0.29) is 31.9 Å². The number of esters is 1. The molecule has 184 valence electrons. The minimum Gasteiger partial charge on any atom is -0.466 e. The highest BCUT2D eigenvalue weighted by atomic mass is 19.4. The molecular weight excluding hydrogens is 459 g/mol. The minimum absolute atomic E-state index is 0.00566. The van der Waals surface area contributed by atoms with Crippen LogP contribution in [0.4, 0.5) is 13.2 Å². The summed E-state index contributed by atoms with van der Waals surface area (Å²) in [4.78, 5) is 34.6. The average Bonchev–Trinajstić information content (AvgIpc) is 2.82. The highest BCUT2D eigenvalue weighted by Gasteiger charge is 2.31. The summed E-state index contributed by atoms with van der Waals surface area (Å²) in [6.07, 6.45) is 0.117. The van der Waals surface area contributed by atoms with Crippen molar-refractivity contribution in [2.45, 2.75) is 39.4 Å². The van der Waals surface area contributed by atoms with Gasteiger partial charge in [-0.1, -0.05) is 12.1 Å². The Hall–Kier alpha value is -3.75. The molecular formula is C26H26F3N3O3. The Morgan fingerprint density at radius 2 is 1.83 bits per heavy atom. The van der Waals surface area contributed by atoms with Crippen LogP contribution in [0.1, 0.15) is 36.2 Å². The van der Waals surface area contributed by atoms with Crippen LogP contribution in [0.5, 0.6) is 0 Å². The third kappa shape index (κ3) is 7.11. The first kappa shape index (κ1) is 25.9. The lowest BCUT2D eigenvalue weighted by Gasteiger charge is -2.23. The summed E-state index contributed by atoms with van der Waals surface area (Å²) >= 11 is 0. The van der Waals surface area contributed by atoms with E-state index >= 15 is 0 Å². The van der Waals surface area contributed by atoms with Gasteiger partial charge in [-0.05, 0) is 60.9 Å². The molecule has 0 aliphatic rings. The van der Waals surface area contributed by atoms with Gasteiger partial charge >= 0.3 is 12.1 Å². The van der Waals surface area contributed by atoms with Gasteiger partial charge in [0.15, 0.2) is 0 Å². The van der Waals surface area contributed by atoms with Gasteiger partial charge in [0.05, 0.1) is 25.0 Å². The number of hydrogen-bond donors (Lipinski definition) is 0. The Morgan fingerprint density at radius 1 is 1.03 bits per heavy atom. The first-order chi connectivity index (χ1) is 16.7. The number of halogens is 3. The molecule has 3 rings (SSSR count). The maximum Gasteiger partial charge on any atom is 0.416 e. The highest BCUT2D eigenvalue weighted by Crippen LogP contribution is 2.34. The molecule has 0 fully saturated rings. The van der Waals surface area contributed by atoms with Crippen LogP contribution in [-0.4, -0.2) is 39.9 Å². The molecule has 0 bridgehead atoms. The van der Waals surface area contributed by atoms with E-state index in [9.17, 15) is 22.8 Å². The molecule has 0 aliphatic heterocycles. The van der Waals surface area contributed by atoms with Gasteiger partial charge in [-0.25, -0.2) is 0 Å². The molecule has 2 heterocycles. The van der Waals surface area contributed by atoms with E-state index < -0.39 is 17.7 Å². The predicted octanol–water partition coefficient (Wildman–Crippen LogP) is 4.86. The molecule has 0 N–H and O–H groups in total. The van der Waals surface area contributed by atoms with Crippen LogP contribution in [0.2, 0.25) is 0 Å². The van der Waals surface area contributed by atoms with Crippen LogP contribution in [0.3, 0.4) is 0 Å². The molecule has 1 amide bonds. The number of carbonyl (C=O) groups is 2. The molecule has 2 aromatic heterocycles. The molecule has 1 aromatic carbocycles. The van der Waals surface area contributed by atoms with E-state index in [1.54, 1.807) is 44.3 Å².